The SMILES string of the molecule is CCCC1CCC(NCC)C(Cc2ccc(C)c(C)c2)C1. The second-order valence-corrected chi connectivity index (χ2v) is 7.01. The highest BCUT2D eigenvalue weighted by Crippen LogP contribution is 2.34. The van der Waals surface area contributed by atoms with Gasteiger partial charge in [0.15, 0.2) is 0 Å². The van der Waals surface area contributed by atoms with E-state index in [2.05, 4.69) is 51.2 Å². The molecule has 0 amide bonds. The van der Waals surface area contributed by atoms with Crippen LogP contribution in [0.3, 0.4) is 0 Å². The van der Waals surface area contributed by atoms with Crippen molar-refractivity contribution < 1.29 is 0 Å². The third-order valence-electron chi connectivity index (χ3n) is 5.32. The van der Waals surface area contributed by atoms with Crippen molar-refractivity contribution in [1.29, 1.82) is 0 Å². The zero-order valence-corrected chi connectivity index (χ0v) is 14.4. The van der Waals surface area contributed by atoms with E-state index in [1.54, 1.807) is 0 Å². The highest BCUT2D eigenvalue weighted by molar-refractivity contribution is 5.30. The molecule has 1 heteroatoms. The van der Waals surface area contributed by atoms with Crippen molar-refractivity contribution in [2.24, 2.45) is 11.8 Å². The van der Waals surface area contributed by atoms with Gasteiger partial charge < -0.3 is 5.32 Å². The fourth-order valence-corrected chi connectivity index (χ4v) is 4.02. The number of hydrogen-bond donors (Lipinski definition) is 1. The molecule has 21 heavy (non-hydrogen) atoms. The fraction of sp³-hybridized carbons (Fsp3) is 0.700. The van der Waals surface area contributed by atoms with Gasteiger partial charge >= 0.3 is 0 Å². The average Bonchev–Trinajstić information content (AvgIpc) is 2.46. The second-order valence-electron chi connectivity index (χ2n) is 7.01. The van der Waals surface area contributed by atoms with E-state index in [1.165, 1.54) is 55.2 Å². The fourth-order valence-electron chi connectivity index (χ4n) is 4.02. The molecule has 0 radical (unpaired) electrons. The molecule has 0 bridgehead atoms. The van der Waals surface area contributed by atoms with Crippen LogP contribution in [-0.4, -0.2) is 12.6 Å². The Morgan fingerprint density at radius 3 is 2.57 bits per heavy atom. The zero-order chi connectivity index (χ0) is 15.2. The number of aryl methyl sites for hydroxylation is 2. The third kappa shape index (κ3) is 4.57. The molecule has 1 fully saturated rings. The molecule has 3 atom stereocenters. The van der Waals surface area contributed by atoms with E-state index in [9.17, 15) is 0 Å². The smallest absolute Gasteiger partial charge is 0.00985 e. The molecular formula is C20H33N. The Morgan fingerprint density at radius 2 is 1.90 bits per heavy atom. The molecule has 1 aliphatic carbocycles. The minimum Gasteiger partial charge on any atom is -0.314 e. The van der Waals surface area contributed by atoms with Crippen molar-refractivity contribution in [3.63, 3.8) is 0 Å². The lowest BCUT2D eigenvalue weighted by Gasteiger charge is -2.37. The lowest BCUT2D eigenvalue weighted by molar-refractivity contribution is 0.195. The summed E-state index contributed by atoms with van der Waals surface area (Å²) in [4.78, 5) is 0. The topological polar surface area (TPSA) is 12.0 Å². The summed E-state index contributed by atoms with van der Waals surface area (Å²) < 4.78 is 0. The minimum atomic E-state index is 0.727. The highest BCUT2D eigenvalue weighted by Gasteiger charge is 2.29. The van der Waals surface area contributed by atoms with Crippen LogP contribution in [-0.2, 0) is 6.42 Å². The summed E-state index contributed by atoms with van der Waals surface area (Å²) in [5.41, 5.74) is 4.38. The molecule has 0 saturated heterocycles. The first kappa shape index (κ1) is 16.5. The van der Waals surface area contributed by atoms with E-state index in [-0.39, 0.29) is 0 Å². The van der Waals surface area contributed by atoms with Gasteiger partial charge in [-0.05, 0) is 74.6 Å². The van der Waals surface area contributed by atoms with Gasteiger partial charge in [0.1, 0.15) is 0 Å². The summed E-state index contributed by atoms with van der Waals surface area (Å²) in [5, 5.41) is 3.74. The van der Waals surface area contributed by atoms with Crippen molar-refractivity contribution in [2.75, 3.05) is 6.54 Å². The number of benzene rings is 1. The first-order valence-corrected chi connectivity index (χ1v) is 8.93. The Morgan fingerprint density at radius 1 is 1.10 bits per heavy atom. The maximum atomic E-state index is 3.74. The lowest BCUT2D eigenvalue weighted by atomic mass is 9.74. The molecule has 0 spiro atoms. The van der Waals surface area contributed by atoms with Gasteiger partial charge in [-0.2, -0.15) is 0 Å². The number of nitrogens with one attached hydrogen (secondary N) is 1. The van der Waals surface area contributed by atoms with Crippen molar-refractivity contribution in [1.82, 2.24) is 5.32 Å². The predicted octanol–water partition coefficient (Wildman–Crippen LogP) is 5.04. The summed E-state index contributed by atoms with van der Waals surface area (Å²) in [6, 6.07) is 7.76. The summed E-state index contributed by atoms with van der Waals surface area (Å²) in [7, 11) is 0. The van der Waals surface area contributed by atoms with Gasteiger partial charge in [-0.25, -0.2) is 0 Å². The molecule has 3 unspecified atom stereocenters. The normalized spacial score (nSPS) is 26.0. The van der Waals surface area contributed by atoms with Crippen molar-refractivity contribution >= 4 is 0 Å². The molecule has 1 aliphatic rings. The molecule has 2 rings (SSSR count). The first-order valence-electron chi connectivity index (χ1n) is 8.93. The molecule has 0 aromatic heterocycles. The van der Waals surface area contributed by atoms with Crippen LogP contribution >= 0.6 is 0 Å². The van der Waals surface area contributed by atoms with Crippen molar-refractivity contribution in [3.8, 4) is 0 Å². The Labute approximate surface area is 131 Å². The Bertz CT molecular complexity index is 437. The number of rotatable bonds is 6. The van der Waals surface area contributed by atoms with Gasteiger partial charge in [0.25, 0.3) is 0 Å². The van der Waals surface area contributed by atoms with Crippen LogP contribution in [0, 0.1) is 25.7 Å². The Kier molecular flexibility index (Phi) is 6.29. The van der Waals surface area contributed by atoms with Crippen LogP contribution in [0.5, 0.6) is 0 Å². The minimum absolute atomic E-state index is 0.727. The highest BCUT2D eigenvalue weighted by atomic mass is 14.9. The quantitative estimate of drug-likeness (QED) is 0.773. The van der Waals surface area contributed by atoms with Crippen LogP contribution in [0.15, 0.2) is 18.2 Å². The van der Waals surface area contributed by atoms with Crippen molar-refractivity contribution in [3.05, 3.63) is 34.9 Å². The largest absolute Gasteiger partial charge is 0.314 e. The molecule has 1 aromatic rings. The molecule has 0 heterocycles. The lowest BCUT2D eigenvalue weighted by Crippen LogP contribution is -2.41. The predicted molar refractivity (Wildman–Crippen MR) is 92.8 cm³/mol. The summed E-state index contributed by atoms with van der Waals surface area (Å²) in [6.07, 6.45) is 8.22. The van der Waals surface area contributed by atoms with E-state index >= 15 is 0 Å². The van der Waals surface area contributed by atoms with Gasteiger partial charge in [-0.15, -0.1) is 0 Å². The summed E-state index contributed by atoms with van der Waals surface area (Å²) in [6.45, 7) is 10.1. The maximum Gasteiger partial charge on any atom is 0.00985 e. The monoisotopic (exact) mass is 287 g/mol. The van der Waals surface area contributed by atoms with Crippen LogP contribution < -0.4 is 5.32 Å². The van der Waals surface area contributed by atoms with Crippen molar-refractivity contribution in [2.45, 2.75) is 72.3 Å². The van der Waals surface area contributed by atoms with E-state index in [0.29, 0.717) is 0 Å². The van der Waals surface area contributed by atoms with Gasteiger partial charge in [0, 0.05) is 6.04 Å². The molecular weight excluding hydrogens is 254 g/mol. The molecule has 1 nitrogen and oxygen atoms in total. The average molecular weight is 287 g/mol. The molecule has 1 saturated carbocycles. The van der Waals surface area contributed by atoms with Crippen LogP contribution in [0.1, 0.15) is 62.6 Å². The van der Waals surface area contributed by atoms with E-state index in [0.717, 1.165) is 24.4 Å². The van der Waals surface area contributed by atoms with Crippen LogP contribution in [0.25, 0.3) is 0 Å². The maximum absolute atomic E-state index is 3.74. The first-order chi connectivity index (χ1) is 10.1. The van der Waals surface area contributed by atoms with Crippen LogP contribution in [0.4, 0.5) is 0 Å². The molecule has 1 aromatic carbocycles. The number of hydrogen-bond acceptors (Lipinski definition) is 1. The van der Waals surface area contributed by atoms with Gasteiger partial charge in [0.05, 0.1) is 0 Å². The van der Waals surface area contributed by atoms with E-state index < -0.39 is 0 Å². The van der Waals surface area contributed by atoms with Gasteiger partial charge in [-0.1, -0.05) is 44.9 Å². The van der Waals surface area contributed by atoms with E-state index in [1.807, 2.05) is 0 Å². The summed E-state index contributed by atoms with van der Waals surface area (Å²) >= 11 is 0. The standard InChI is InChI=1S/C20H33N/c1-5-7-17-10-11-20(21-6-2)19(13-17)14-18-9-8-15(3)16(4)12-18/h8-9,12,17,19-21H,5-7,10-11,13-14H2,1-4H3. The van der Waals surface area contributed by atoms with Crippen LogP contribution in [0.2, 0.25) is 0 Å². The second kappa shape index (κ2) is 7.98. The van der Waals surface area contributed by atoms with E-state index in [4.69, 9.17) is 0 Å². The Hall–Kier alpha value is -0.820. The van der Waals surface area contributed by atoms with Gasteiger partial charge in [0.2, 0.25) is 0 Å². The molecule has 118 valence electrons. The summed E-state index contributed by atoms with van der Waals surface area (Å²) in [5.74, 6) is 1.78. The van der Waals surface area contributed by atoms with Gasteiger partial charge in [-0.3, -0.25) is 0 Å². The Balaban J connectivity index is 2.05. The molecule has 1 N–H and O–H groups in total. The zero-order valence-electron chi connectivity index (χ0n) is 14.4. The molecule has 0 aliphatic heterocycles. The third-order valence-corrected chi connectivity index (χ3v) is 5.32.